The third-order valence-electron chi connectivity index (χ3n) is 4.78. The maximum atomic E-state index is 12.8. The van der Waals surface area contributed by atoms with Gasteiger partial charge in [0.15, 0.2) is 17.5 Å². The zero-order valence-electron chi connectivity index (χ0n) is 19.4. The lowest BCUT2D eigenvalue weighted by atomic mass is 9.93. The zero-order valence-corrected chi connectivity index (χ0v) is 19.4. The van der Waals surface area contributed by atoms with E-state index in [0.717, 1.165) is 5.56 Å². The summed E-state index contributed by atoms with van der Waals surface area (Å²) in [6, 6.07) is 6.88. The molecule has 5 N–H and O–H groups in total. The molecule has 0 bridgehead atoms. The van der Waals surface area contributed by atoms with Crippen molar-refractivity contribution in [2.75, 3.05) is 23.0 Å². The molecule has 2 aromatic heterocycles. The highest BCUT2D eigenvalue weighted by Gasteiger charge is 2.21. The third kappa shape index (κ3) is 5.35. The molecule has 10 heteroatoms. The molecule has 172 valence electrons. The maximum absolute atomic E-state index is 12.8. The number of carbonyl (C=O) groups is 1. The molecule has 0 aliphatic carbocycles. The van der Waals surface area contributed by atoms with E-state index in [9.17, 15) is 4.79 Å². The minimum Gasteiger partial charge on any atom is -0.382 e. The molecule has 1 aromatic carbocycles. The van der Waals surface area contributed by atoms with Gasteiger partial charge in [0.05, 0.1) is 5.69 Å². The molecule has 3 aromatic rings. The molecule has 0 aliphatic rings. The minimum absolute atomic E-state index is 0.158. The summed E-state index contributed by atoms with van der Waals surface area (Å²) in [6.45, 7) is 11.6. The minimum atomic E-state index is -0.340. The third-order valence-corrected chi connectivity index (χ3v) is 4.78. The topological polar surface area (TPSA) is 143 Å². The number of amides is 1. The predicted molar refractivity (Wildman–Crippen MR) is 130 cm³/mol. The lowest BCUT2D eigenvalue weighted by molar-refractivity contribution is 0.102. The fraction of sp³-hybridized carbons (Fsp3) is 0.261. The molecule has 2 heterocycles. The quantitative estimate of drug-likeness (QED) is 0.314. The van der Waals surface area contributed by atoms with Gasteiger partial charge in [-0.15, -0.1) is 0 Å². The summed E-state index contributed by atoms with van der Waals surface area (Å²) in [5, 5.41) is 12.6. The number of carbonyl (C=O) groups excluding carboxylic acids is 1. The van der Waals surface area contributed by atoms with Gasteiger partial charge >= 0.3 is 0 Å². The van der Waals surface area contributed by atoms with Crippen LogP contribution in [-0.2, 0) is 5.41 Å². The number of aliphatic imine (C=N–C) groups is 1. The van der Waals surface area contributed by atoms with Crippen molar-refractivity contribution in [3.63, 3.8) is 0 Å². The van der Waals surface area contributed by atoms with Crippen LogP contribution in [0.5, 0.6) is 0 Å². The highest BCUT2D eigenvalue weighted by Crippen LogP contribution is 2.27. The molecule has 0 atom stereocenters. The van der Waals surface area contributed by atoms with Crippen LogP contribution >= 0.6 is 0 Å². The van der Waals surface area contributed by atoms with Crippen LogP contribution in [-0.4, -0.2) is 33.9 Å². The van der Waals surface area contributed by atoms with E-state index in [-0.39, 0.29) is 17.2 Å². The predicted octanol–water partition coefficient (Wildman–Crippen LogP) is 3.96. The molecular weight excluding hydrogens is 420 g/mol. The molecule has 33 heavy (non-hydrogen) atoms. The SMILES string of the molecule is C=CNc1c(NC)ncnc1C(N)=Nc1cc(C(=O)Nc2cc(C(C)(C)C)on2)ccc1C. The van der Waals surface area contributed by atoms with Gasteiger partial charge in [-0.05, 0) is 30.8 Å². The van der Waals surface area contributed by atoms with Gasteiger partial charge in [0.2, 0.25) is 0 Å². The van der Waals surface area contributed by atoms with E-state index >= 15 is 0 Å². The number of benzene rings is 1. The average molecular weight is 449 g/mol. The van der Waals surface area contributed by atoms with Crippen LogP contribution < -0.4 is 21.7 Å². The zero-order chi connectivity index (χ0) is 24.2. The largest absolute Gasteiger partial charge is 0.382 e. The molecule has 3 rings (SSSR count). The molecule has 0 aliphatic heterocycles. The molecule has 0 saturated carbocycles. The lowest BCUT2D eigenvalue weighted by Crippen LogP contribution is -2.18. The summed E-state index contributed by atoms with van der Waals surface area (Å²) in [7, 11) is 1.74. The molecule has 1 amide bonds. The van der Waals surface area contributed by atoms with Gasteiger partial charge in [-0.3, -0.25) is 4.79 Å². The van der Waals surface area contributed by atoms with Gasteiger partial charge in [-0.25, -0.2) is 15.0 Å². The number of anilines is 3. The van der Waals surface area contributed by atoms with Crippen LogP contribution in [0.4, 0.5) is 23.0 Å². The van der Waals surface area contributed by atoms with Crippen molar-refractivity contribution in [2.24, 2.45) is 10.7 Å². The number of aromatic nitrogens is 3. The van der Waals surface area contributed by atoms with Crippen LogP contribution in [0.15, 0.2) is 52.9 Å². The summed E-state index contributed by atoms with van der Waals surface area (Å²) in [4.78, 5) is 25.7. The summed E-state index contributed by atoms with van der Waals surface area (Å²) >= 11 is 0. The van der Waals surface area contributed by atoms with E-state index in [1.54, 1.807) is 31.3 Å². The van der Waals surface area contributed by atoms with Gasteiger partial charge in [-0.1, -0.05) is 38.6 Å². The number of nitrogens with one attached hydrogen (secondary N) is 3. The van der Waals surface area contributed by atoms with E-state index in [2.05, 4.69) is 42.6 Å². The van der Waals surface area contributed by atoms with Gasteiger partial charge < -0.3 is 26.2 Å². The standard InChI is InChI=1S/C23H28N8O2/c1-7-26-19-18(27-12-28-21(19)25-6)20(24)29-15-10-14(9-8-13(15)2)22(32)30-17-11-16(33-31-17)23(3,4)5/h7-12,26H,1H2,2-6H3,(H2,24,29)(H,25,27,28)(H,30,31,32). The summed E-state index contributed by atoms with van der Waals surface area (Å²) in [6.07, 6.45) is 2.89. The Bertz CT molecular complexity index is 1210. The smallest absolute Gasteiger partial charge is 0.256 e. The van der Waals surface area contributed by atoms with Crippen LogP contribution in [0.3, 0.4) is 0 Å². The molecule has 0 saturated heterocycles. The molecule has 0 fully saturated rings. The number of hydrogen-bond acceptors (Lipinski definition) is 8. The monoisotopic (exact) mass is 448 g/mol. The second kappa shape index (κ2) is 9.51. The first kappa shape index (κ1) is 23.5. The Morgan fingerprint density at radius 2 is 2.00 bits per heavy atom. The maximum Gasteiger partial charge on any atom is 0.256 e. The van der Waals surface area contributed by atoms with Crippen molar-refractivity contribution < 1.29 is 9.32 Å². The highest BCUT2D eigenvalue weighted by molar-refractivity contribution is 6.06. The Labute approximate surface area is 192 Å². The van der Waals surface area contributed by atoms with Crippen LogP contribution in [0.2, 0.25) is 0 Å². The van der Waals surface area contributed by atoms with Crippen molar-refractivity contribution in [3.8, 4) is 0 Å². The Morgan fingerprint density at radius 1 is 1.24 bits per heavy atom. The second-order valence-corrected chi connectivity index (χ2v) is 8.32. The van der Waals surface area contributed by atoms with Gasteiger partial charge in [-0.2, -0.15) is 0 Å². The first-order valence-corrected chi connectivity index (χ1v) is 10.3. The van der Waals surface area contributed by atoms with Gasteiger partial charge in [0.1, 0.15) is 23.5 Å². The summed E-state index contributed by atoms with van der Waals surface area (Å²) < 4.78 is 5.33. The number of rotatable bonds is 7. The number of hydrogen-bond donors (Lipinski definition) is 4. The molecule has 0 radical (unpaired) electrons. The number of amidine groups is 1. The van der Waals surface area contributed by atoms with Crippen molar-refractivity contribution in [1.29, 1.82) is 0 Å². The van der Waals surface area contributed by atoms with Crippen molar-refractivity contribution in [2.45, 2.75) is 33.1 Å². The number of nitrogens with two attached hydrogens (primary N) is 1. The first-order chi connectivity index (χ1) is 15.6. The Balaban J connectivity index is 1.90. The Hall–Kier alpha value is -4.21. The van der Waals surface area contributed by atoms with Crippen LogP contribution in [0.1, 0.15) is 48.1 Å². The summed E-state index contributed by atoms with van der Waals surface area (Å²) in [5.41, 5.74) is 8.78. The normalized spacial score (nSPS) is 11.7. The first-order valence-electron chi connectivity index (χ1n) is 10.3. The number of nitrogens with zero attached hydrogens (tertiary/aromatic N) is 4. The highest BCUT2D eigenvalue weighted by atomic mass is 16.5. The Kier molecular flexibility index (Phi) is 6.76. The van der Waals surface area contributed by atoms with Crippen LogP contribution in [0.25, 0.3) is 0 Å². The average Bonchev–Trinajstić information content (AvgIpc) is 3.24. The van der Waals surface area contributed by atoms with Crippen molar-refractivity contribution in [1.82, 2.24) is 15.1 Å². The number of aryl methyl sites for hydroxylation is 1. The van der Waals surface area contributed by atoms with Gasteiger partial charge in [0, 0.05) is 24.1 Å². The summed E-state index contributed by atoms with van der Waals surface area (Å²) in [5.74, 6) is 1.38. The van der Waals surface area contributed by atoms with E-state index in [0.29, 0.717) is 40.0 Å². The van der Waals surface area contributed by atoms with Gasteiger partial charge in [0.25, 0.3) is 5.91 Å². The van der Waals surface area contributed by atoms with Crippen molar-refractivity contribution >= 4 is 34.8 Å². The van der Waals surface area contributed by atoms with Crippen LogP contribution in [0, 0.1) is 6.92 Å². The van der Waals surface area contributed by atoms with E-state index in [1.165, 1.54) is 12.5 Å². The molecular formula is C23H28N8O2. The van der Waals surface area contributed by atoms with E-state index in [1.807, 2.05) is 27.7 Å². The lowest BCUT2D eigenvalue weighted by Gasteiger charge is -2.12. The second-order valence-electron chi connectivity index (χ2n) is 8.32. The Morgan fingerprint density at radius 3 is 2.64 bits per heavy atom. The van der Waals surface area contributed by atoms with E-state index in [4.69, 9.17) is 10.3 Å². The van der Waals surface area contributed by atoms with Crippen molar-refractivity contribution in [3.05, 3.63) is 66.0 Å². The fourth-order valence-corrected chi connectivity index (χ4v) is 2.94. The van der Waals surface area contributed by atoms with E-state index < -0.39 is 0 Å². The molecule has 0 unspecified atom stereocenters. The fourth-order valence-electron chi connectivity index (χ4n) is 2.94. The molecule has 0 spiro atoms. The molecule has 10 nitrogen and oxygen atoms in total.